The molecular weight excluding hydrogens is 262 g/mol. The van der Waals surface area contributed by atoms with E-state index in [1.165, 1.54) is 0 Å². The van der Waals surface area contributed by atoms with Gasteiger partial charge in [0.25, 0.3) is 0 Å². The van der Waals surface area contributed by atoms with Crippen LogP contribution in [0.2, 0.25) is 5.02 Å². The second-order valence-corrected chi connectivity index (χ2v) is 4.30. The van der Waals surface area contributed by atoms with Gasteiger partial charge in [0.15, 0.2) is 0 Å². The Hall–Kier alpha value is -2.31. The third-order valence-electron chi connectivity index (χ3n) is 2.59. The topological polar surface area (TPSA) is 50.1 Å². The molecule has 0 saturated carbocycles. The molecule has 0 unspecified atom stereocenters. The Balaban J connectivity index is 2.05. The molecule has 0 radical (unpaired) electrons. The molecule has 2 aromatic rings. The van der Waals surface area contributed by atoms with Crippen molar-refractivity contribution in [2.75, 3.05) is 0 Å². The van der Waals surface area contributed by atoms with Crippen molar-refractivity contribution in [3.05, 3.63) is 64.2 Å². The van der Waals surface area contributed by atoms with Crippen molar-refractivity contribution < 1.29 is 9.53 Å². The van der Waals surface area contributed by atoms with E-state index in [1.807, 2.05) is 6.07 Å². The third-order valence-corrected chi connectivity index (χ3v) is 2.94. The number of hydrogen-bond donors (Lipinski definition) is 0. The lowest BCUT2D eigenvalue weighted by Crippen LogP contribution is -1.96. The first-order chi connectivity index (χ1) is 9.22. The van der Waals surface area contributed by atoms with Crippen LogP contribution in [-0.2, 0) is 6.61 Å². The van der Waals surface area contributed by atoms with Gasteiger partial charge in [-0.25, -0.2) is 0 Å². The number of carbonyl (C=O) groups is 1. The van der Waals surface area contributed by atoms with Gasteiger partial charge in [-0.2, -0.15) is 5.26 Å². The standard InChI is InChI=1S/C15H10ClNO2/c16-15-7-12(8-17)1-4-13(15)10-19-14-5-2-11(9-18)3-6-14/h1-7,9H,10H2. The fourth-order valence-electron chi connectivity index (χ4n) is 1.54. The van der Waals surface area contributed by atoms with Gasteiger partial charge in [-0.1, -0.05) is 17.7 Å². The van der Waals surface area contributed by atoms with E-state index in [-0.39, 0.29) is 0 Å². The molecule has 94 valence electrons. The quantitative estimate of drug-likeness (QED) is 0.798. The summed E-state index contributed by atoms with van der Waals surface area (Å²) in [6.45, 7) is 0.310. The Bertz CT molecular complexity index is 630. The zero-order valence-electron chi connectivity index (χ0n) is 9.97. The first kappa shape index (κ1) is 13.1. The van der Waals surface area contributed by atoms with Gasteiger partial charge in [0, 0.05) is 16.1 Å². The maximum Gasteiger partial charge on any atom is 0.150 e. The fourth-order valence-corrected chi connectivity index (χ4v) is 1.77. The highest BCUT2D eigenvalue weighted by atomic mass is 35.5. The Kier molecular flexibility index (Phi) is 4.17. The Morgan fingerprint density at radius 3 is 2.53 bits per heavy atom. The number of benzene rings is 2. The lowest BCUT2D eigenvalue weighted by atomic mass is 10.1. The predicted octanol–water partition coefficient (Wildman–Crippen LogP) is 3.60. The van der Waals surface area contributed by atoms with Crippen molar-refractivity contribution in [1.29, 1.82) is 5.26 Å². The van der Waals surface area contributed by atoms with Crippen molar-refractivity contribution in [2.45, 2.75) is 6.61 Å². The smallest absolute Gasteiger partial charge is 0.150 e. The summed E-state index contributed by atoms with van der Waals surface area (Å²) in [5, 5.41) is 9.25. The van der Waals surface area contributed by atoms with Crippen LogP contribution in [0.4, 0.5) is 0 Å². The summed E-state index contributed by atoms with van der Waals surface area (Å²) < 4.78 is 5.56. The number of halogens is 1. The van der Waals surface area contributed by atoms with Gasteiger partial charge in [0.1, 0.15) is 18.6 Å². The molecule has 0 bridgehead atoms. The number of hydrogen-bond acceptors (Lipinski definition) is 3. The molecule has 0 heterocycles. The number of nitrogens with zero attached hydrogens (tertiary/aromatic N) is 1. The molecule has 0 fully saturated rings. The lowest BCUT2D eigenvalue weighted by Gasteiger charge is -2.08. The average molecular weight is 272 g/mol. The number of aldehydes is 1. The first-order valence-corrected chi connectivity index (χ1v) is 5.97. The minimum Gasteiger partial charge on any atom is -0.489 e. The normalized spacial score (nSPS) is 9.68. The number of carbonyl (C=O) groups excluding carboxylic acids is 1. The van der Waals surface area contributed by atoms with Crippen molar-refractivity contribution in [1.82, 2.24) is 0 Å². The molecule has 0 amide bonds. The Morgan fingerprint density at radius 1 is 1.21 bits per heavy atom. The van der Waals surface area contributed by atoms with Crippen LogP contribution in [0.15, 0.2) is 42.5 Å². The van der Waals surface area contributed by atoms with Gasteiger partial charge in [-0.15, -0.1) is 0 Å². The number of nitriles is 1. The van der Waals surface area contributed by atoms with Crippen LogP contribution in [0.3, 0.4) is 0 Å². The first-order valence-electron chi connectivity index (χ1n) is 5.59. The molecule has 2 aromatic carbocycles. The molecule has 3 nitrogen and oxygen atoms in total. The molecule has 0 saturated heterocycles. The predicted molar refractivity (Wildman–Crippen MR) is 72.3 cm³/mol. The van der Waals surface area contributed by atoms with Crippen molar-refractivity contribution >= 4 is 17.9 Å². The highest BCUT2D eigenvalue weighted by molar-refractivity contribution is 6.31. The molecule has 0 aliphatic carbocycles. The number of rotatable bonds is 4. The van der Waals surface area contributed by atoms with Crippen LogP contribution in [0.5, 0.6) is 5.75 Å². The van der Waals surface area contributed by atoms with Gasteiger partial charge in [-0.3, -0.25) is 4.79 Å². The second kappa shape index (κ2) is 6.03. The molecular formula is C15H10ClNO2. The molecule has 0 aliphatic heterocycles. The van der Waals surface area contributed by atoms with Gasteiger partial charge in [-0.05, 0) is 36.4 Å². The molecule has 0 aliphatic rings. The van der Waals surface area contributed by atoms with Crippen LogP contribution in [-0.4, -0.2) is 6.29 Å². The van der Waals surface area contributed by atoms with Crippen molar-refractivity contribution in [3.8, 4) is 11.8 Å². The van der Waals surface area contributed by atoms with E-state index in [0.29, 0.717) is 28.5 Å². The average Bonchev–Trinajstić information content (AvgIpc) is 2.46. The molecule has 4 heteroatoms. The van der Waals surface area contributed by atoms with Crippen molar-refractivity contribution in [2.24, 2.45) is 0 Å². The van der Waals surface area contributed by atoms with Crippen LogP contribution in [0.25, 0.3) is 0 Å². The van der Waals surface area contributed by atoms with Gasteiger partial charge < -0.3 is 4.74 Å². The molecule has 0 atom stereocenters. The summed E-state index contributed by atoms with van der Waals surface area (Å²) in [6.07, 6.45) is 0.779. The van der Waals surface area contributed by atoms with Crippen LogP contribution in [0, 0.1) is 11.3 Å². The van der Waals surface area contributed by atoms with E-state index < -0.39 is 0 Å². The zero-order chi connectivity index (χ0) is 13.7. The second-order valence-electron chi connectivity index (χ2n) is 3.89. The van der Waals surface area contributed by atoms with Gasteiger partial charge in [0.2, 0.25) is 0 Å². The minimum atomic E-state index is 0.310. The minimum absolute atomic E-state index is 0.310. The third kappa shape index (κ3) is 3.34. The Morgan fingerprint density at radius 2 is 1.95 bits per heavy atom. The SMILES string of the molecule is N#Cc1ccc(COc2ccc(C=O)cc2)c(Cl)c1. The summed E-state index contributed by atoms with van der Waals surface area (Å²) in [5.74, 6) is 0.658. The van der Waals surface area contributed by atoms with E-state index in [4.69, 9.17) is 21.6 Å². The van der Waals surface area contributed by atoms with E-state index >= 15 is 0 Å². The van der Waals surface area contributed by atoms with Crippen LogP contribution < -0.4 is 4.74 Å². The van der Waals surface area contributed by atoms with Crippen LogP contribution >= 0.6 is 11.6 Å². The summed E-state index contributed by atoms with van der Waals surface area (Å²) in [6, 6.07) is 13.9. The maximum atomic E-state index is 10.5. The summed E-state index contributed by atoms with van der Waals surface area (Å²) in [5.41, 5.74) is 1.92. The molecule has 0 N–H and O–H groups in total. The molecule has 0 aromatic heterocycles. The number of ether oxygens (including phenoxy) is 1. The van der Waals surface area contributed by atoms with E-state index in [1.54, 1.807) is 42.5 Å². The summed E-state index contributed by atoms with van der Waals surface area (Å²) >= 11 is 6.04. The van der Waals surface area contributed by atoms with Gasteiger partial charge >= 0.3 is 0 Å². The monoisotopic (exact) mass is 271 g/mol. The fraction of sp³-hybridized carbons (Fsp3) is 0.0667. The van der Waals surface area contributed by atoms with Crippen LogP contribution in [0.1, 0.15) is 21.5 Å². The van der Waals surface area contributed by atoms with E-state index in [2.05, 4.69) is 0 Å². The molecule has 19 heavy (non-hydrogen) atoms. The van der Waals surface area contributed by atoms with Crippen molar-refractivity contribution in [3.63, 3.8) is 0 Å². The molecule has 0 spiro atoms. The summed E-state index contributed by atoms with van der Waals surface area (Å²) in [4.78, 5) is 10.5. The van der Waals surface area contributed by atoms with E-state index in [0.717, 1.165) is 11.8 Å². The largest absolute Gasteiger partial charge is 0.489 e. The lowest BCUT2D eigenvalue weighted by molar-refractivity contribution is 0.112. The zero-order valence-corrected chi connectivity index (χ0v) is 10.7. The maximum absolute atomic E-state index is 10.5. The highest BCUT2D eigenvalue weighted by Crippen LogP contribution is 2.20. The Labute approximate surface area is 116 Å². The van der Waals surface area contributed by atoms with Gasteiger partial charge in [0.05, 0.1) is 11.6 Å². The summed E-state index contributed by atoms with van der Waals surface area (Å²) in [7, 11) is 0. The molecule has 2 rings (SSSR count). The highest BCUT2D eigenvalue weighted by Gasteiger charge is 2.03. The van der Waals surface area contributed by atoms with E-state index in [9.17, 15) is 4.79 Å².